The number of anilines is 1. The summed E-state index contributed by atoms with van der Waals surface area (Å²) >= 11 is 0. The second-order valence-corrected chi connectivity index (χ2v) is 8.26. The Bertz CT molecular complexity index is 1410. The summed E-state index contributed by atoms with van der Waals surface area (Å²) < 4.78 is 47.7. The first kappa shape index (κ1) is 22.8. The van der Waals surface area contributed by atoms with E-state index in [1.165, 1.54) is 17.1 Å². The molecule has 1 amide bonds. The lowest BCUT2D eigenvalue weighted by atomic mass is 10.0. The van der Waals surface area contributed by atoms with Gasteiger partial charge in [-0.2, -0.15) is 18.3 Å². The largest absolute Gasteiger partial charge is 0.439 e. The van der Waals surface area contributed by atoms with Crippen molar-refractivity contribution in [1.29, 1.82) is 0 Å². The van der Waals surface area contributed by atoms with E-state index < -0.39 is 17.9 Å². The third-order valence-electron chi connectivity index (χ3n) is 5.82. The fourth-order valence-corrected chi connectivity index (χ4v) is 4.11. The average molecular weight is 485 g/mol. The van der Waals surface area contributed by atoms with E-state index in [1.807, 2.05) is 0 Å². The molecule has 0 radical (unpaired) electrons. The zero-order chi connectivity index (χ0) is 24.7. The number of hydrogen-bond donors (Lipinski definition) is 2. The van der Waals surface area contributed by atoms with Gasteiger partial charge >= 0.3 is 12.2 Å². The number of carbonyl (C=O) groups excluding carboxylic acids is 1. The number of rotatable bonds is 4. The highest BCUT2D eigenvalue weighted by molar-refractivity contribution is 5.98. The molecule has 9 nitrogen and oxygen atoms in total. The predicted molar refractivity (Wildman–Crippen MR) is 121 cm³/mol. The van der Waals surface area contributed by atoms with Crippen LogP contribution < -0.4 is 15.4 Å². The first-order valence-corrected chi connectivity index (χ1v) is 11.0. The smallest absolute Gasteiger partial charge is 0.433 e. The highest BCUT2D eigenvalue weighted by Crippen LogP contribution is 2.32. The average Bonchev–Trinajstić information content (AvgIpc) is 3.43. The minimum absolute atomic E-state index is 0.0188. The molecule has 4 heterocycles. The Labute approximate surface area is 197 Å². The van der Waals surface area contributed by atoms with Gasteiger partial charge in [0, 0.05) is 42.3 Å². The van der Waals surface area contributed by atoms with Crippen molar-refractivity contribution >= 4 is 22.8 Å². The van der Waals surface area contributed by atoms with Crippen molar-refractivity contribution in [3.63, 3.8) is 0 Å². The SMILES string of the molecule is CCn1nc(NC(=O)n2ccc3cc(Oc4ncnc5c4CC(C)NC5)ccc32)cc1C(F)(F)F. The molecule has 0 saturated carbocycles. The lowest BCUT2D eigenvalue weighted by Gasteiger charge is -2.23. The molecule has 35 heavy (non-hydrogen) atoms. The molecule has 1 unspecified atom stereocenters. The number of aryl methyl sites for hydroxylation is 1. The number of ether oxygens (including phenoxy) is 1. The zero-order valence-electron chi connectivity index (χ0n) is 18.9. The summed E-state index contributed by atoms with van der Waals surface area (Å²) in [6.45, 7) is 4.29. The Morgan fingerprint density at radius 1 is 1.26 bits per heavy atom. The second-order valence-electron chi connectivity index (χ2n) is 8.26. The molecule has 0 aliphatic carbocycles. The van der Waals surface area contributed by atoms with E-state index in [0.29, 0.717) is 29.1 Å². The maximum absolute atomic E-state index is 13.2. The van der Waals surface area contributed by atoms with Gasteiger partial charge in [-0.05, 0) is 44.5 Å². The van der Waals surface area contributed by atoms with Gasteiger partial charge in [-0.1, -0.05) is 0 Å². The summed E-state index contributed by atoms with van der Waals surface area (Å²) in [5.74, 6) is 0.856. The van der Waals surface area contributed by atoms with Gasteiger partial charge in [0.1, 0.15) is 17.8 Å². The van der Waals surface area contributed by atoms with Gasteiger partial charge in [0.05, 0.1) is 11.2 Å². The number of nitrogens with zero attached hydrogens (tertiary/aromatic N) is 5. The van der Waals surface area contributed by atoms with Crippen LogP contribution in [0.4, 0.5) is 23.8 Å². The molecule has 0 spiro atoms. The van der Waals surface area contributed by atoms with E-state index in [4.69, 9.17) is 4.74 Å². The van der Waals surface area contributed by atoms with E-state index in [-0.39, 0.29) is 18.4 Å². The van der Waals surface area contributed by atoms with Crippen molar-refractivity contribution in [2.24, 2.45) is 0 Å². The number of aromatic nitrogens is 5. The summed E-state index contributed by atoms with van der Waals surface area (Å²) in [6.07, 6.45) is -0.825. The van der Waals surface area contributed by atoms with Crippen molar-refractivity contribution in [2.45, 2.75) is 45.6 Å². The van der Waals surface area contributed by atoms with Gasteiger partial charge < -0.3 is 10.1 Å². The molecule has 4 aromatic rings. The number of hydrogen-bond acceptors (Lipinski definition) is 6. The van der Waals surface area contributed by atoms with Gasteiger partial charge in [0.15, 0.2) is 5.82 Å². The molecule has 1 aromatic carbocycles. The summed E-state index contributed by atoms with van der Waals surface area (Å²) in [4.78, 5) is 21.4. The van der Waals surface area contributed by atoms with Gasteiger partial charge in [-0.25, -0.2) is 14.8 Å². The number of amides is 1. The quantitative estimate of drug-likeness (QED) is 0.439. The summed E-state index contributed by atoms with van der Waals surface area (Å²) in [7, 11) is 0. The fourth-order valence-electron chi connectivity index (χ4n) is 4.11. The summed E-state index contributed by atoms with van der Waals surface area (Å²) in [5.41, 5.74) is 1.49. The molecular weight excluding hydrogens is 463 g/mol. The zero-order valence-corrected chi connectivity index (χ0v) is 18.9. The highest BCUT2D eigenvalue weighted by atomic mass is 19.4. The Balaban J connectivity index is 1.37. The Morgan fingerprint density at radius 2 is 2.09 bits per heavy atom. The van der Waals surface area contributed by atoms with Crippen LogP contribution in [0.1, 0.15) is 30.8 Å². The van der Waals surface area contributed by atoms with Crippen LogP contribution in [0, 0.1) is 0 Å². The van der Waals surface area contributed by atoms with Crippen molar-refractivity contribution in [2.75, 3.05) is 5.32 Å². The predicted octanol–water partition coefficient (Wildman–Crippen LogP) is 4.57. The van der Waals surface area contributed by atoms with Gasteiger partial charge in [-0.3, -0.25) is 14.6 Å². The molecule has 2 N–H and O–H groups in total. The number of carbonyl (C=O) groups is 1. The molecule has 1 aliphatic rings. The minimum Gasteiger partial charge on any atom is -0.439 e. The van der Waals surface area contributed by atoms with Crippen molar-refractivity contribution in [3.8, 4) is 11.6 Å². The molecule has 12 heteroatoms. The van der Waals surface area contributed by atoms with E-state index >= 15 is 0 Å². The Morgan fingerprint density at radius 3 is 2.83 bits per heavy atom. The van der Waals surface area contributed by atoms with Crippen LogP contribution in [0.15, 0.2) is 42.9 Å². The van der Waals surface area contributed by atoms with Crippen molar-refractivity contribution in [1.82, 2.24) is 29.6 Å². The number of halogens is 3. The number of benzene rings is 1. The third-order valence-corrected chi connectivity index (χ3v) is 5.82. The molecule has 3 aromatic heterocycles. The van der Waals surface area contributed by atoms with Gasteiger partial charge in [-0.15, -0.1) is 0 Å². The first-order chi connectivity index (χ1) is 16.7. The first-order valence-electron chi connectivity index (χ1n) is 11.0. The molecule has 182 valence electrons. The lowest BCUT2D eigenvalue weighted by molar-refractivity contribution is -0.144. The third kappa shape index (κ3) is 4.44. The van der Waals surface area contributed by atoms with Gasteiger partial charge in [0.25, 0.3) is 0 Å². The highest BCUT2D eigenvalue weighted by Gasteiger charge is 2.35. The van der Waals surface area contributed by atoms with Crippen LogP contribution in [0.3, 0.4) is 0 Å². The molecular formula is C23H22F3N7O2. The van der Waals surface area contributed by atoms with Crippen molar-refractivity contribution in [3.05, 3.63) is 59.8 Å². The van der Waals surface area contributed by atoms with Gasteiger partial charge in [0.2, 0.25) is 5.88 Å². The molecule has 0 fully saturated rings. The van der Waals surface area contributed by atoms with Crippen LogP contribution in [-0.2, 0) is 25.7 Å². The standard InChI is InChI=1S/C23H22F3N7O2/c1-3-33-19(23(24,25)26)10-20(31-33)30-22(34)32-7-6-14-9-15(4-5-18(14)32)35-21-16-8-13(2)27-11-17(16)28-12-29-21/h4-7,9-10,12-13,27H,3,8,11H2,1-2H3,(H,30,31,34). The topological polar surface area (TPSA) is 98.9 Å². The number of alkyl halides is 3. The number of nitrogens with one attached hydrogen (secondary N) is 2. The molecule has 0 saturated heterocycles. The van der Waals surface area contributed by atoms with E-state index in [9.17, 15) is 18.0 Å². The van der Waals surface area contributed by atoms with E-state index in [2.05, 4.69) is 32.6 Å². The minimum atomic E-state index is -4.57. The molecule has 1 atom stereocenters. The van der Waals surface area contributed by atoms with Crippen LogP contribution in [-0.4, -0.2) is 36.4 Å². The van der Waals surface area contributed by atoms with Crippen molar-refractivity contribution < 1.29 is 22.7 Å². The van der Waals surface area contributed by atoms with Crippen LogP contribution in [0.25, 0.3) is 10.9 Å². The van der Waals surface area contributed by atoms with Crippen LogP contribution >= 0.6 is 0 Å². The monoisotopic (exact) mass is 485 g/mol. The van der Waals surface area contributed by atoms with E-state index in [1.54, 1.807) is 31.2 Å². The maximum Gasteiger partial charge on any atom is 0.433 e. The molecule has 0 bridgehead atoms. The van der Waals surface area contributed by atoms with E-state index in [0.717, 1.165) is 28.4 Å². The lowest BCUT2D eigenvalue weighted by Crippen LogP contribution is -2.33. The summed E-state index contributed by atoms with van der Waals surface area (Å²) in [5, 5.41) is 10.3. The Kier molecular flexibility index (Phi) is 5.67. The summed E-state index contributed by atoms with van der Waals surface area (Å²) in [6, 6.07) is 7.36. The Hall–Kier alpha value is -3.93. The van der Waals surface area contributed by atoms with Crippen LogP contribution in [0.2, 0.25) is 0 Å². The fraction of sp³-hybridized carbons (Fsp3) is 0.304. The normalized spacial score (nSPS) is 15.7. The number of fused-ring (bicyclic) bond motifs is 2. The van der Waals surface area contributed by atoms with Crippen LogP contribution in [0.5, 0.6) is 11.6 Å². The molecule has 1 aliphatic heterocycles. The molecule has 5 rings (SSSR count). The maximum atomic E-state index is 13.2. The second kappa shape index (κ2) is 8.69.